The van der Waals surface area contributed by atoms with Gasteiger partial charge < -0.3 is 44.5 Å². The van der Waals surface area contributed by atoms with Crippen LogP contribution in [-0.2, 0) is 22.7 Å². The summed E-state index contributed by atoms with van der Waals surface area (Å²) in [5.41, 5.74) is 3.29. The number of ether oxygens (including phenoxy) is 4. The van der Waals surface area contributed by atoms with Gasteiger partial charge in [-0.25, -0.2) is 9.59 Å². The van der Waals surface area contributed by atoms with Crippen molar-refractivity contribution in [3.8, 4) is 28.7 Å². The average Bonchev–Trinajstić information content (AvgIpc) is 3.32. The highest BCUT2D eigenvalue weighted by Crippen LogP contribution is 2.30. The first-order valence-corrected chi connectivity index (χ1v) is 10.1. The predicted molar refractivity (Wildman–Crippen MR) is 128 cm³/mol. The lowest BCUT2D eigenvalue weighted by Crippen LogP contribution is -2.15. The SMILES string of the molecule is COc1ccc(CNCc2cccn2-c2ccc(OC)c(OC)c2)cc1OC.O.O=C(O)C(=O)O. The molecule has 0 aliphatic carbocycles. The summed E-state index contributed by atoms with van der Waals surface area (Å²) in [6, 6.07) is 16.0. The van der Waals surface area contributed by atoms with E-state index in [0.717, 1.165) is 41.5 Å². The molecule has 0 radical (unpaired) electrons. The molecule has 0 aliphatic rings. The number of benzene rings is 2. The number of methoxy groups -OCH3 is 4. The monoisotopic (exact) mass is 490 g/mol. The molecule has 11 nitrogen and oxygen atoms in total. The van der Waals surface area contributed by atoms with Crippen LogP contribution in [-0.4, -0.2) is 60.6 Å². The molecule has 11 heteroatoms. The van der Waals surface area contributed by atoms with E-state index in [2.05, 4.69) is 16.0 Å². The first-order valence-electron chi connectivity index (χ1n) is 10.1. The minimum atomic E-state index is -1.82. The first kappa shape index (κ1) is 28.8. The number of carbonyl (C=O) groups is 2. The largest absolute Gasteiger partial charge is 0.493 e. The summed E-state index contributed by atoms with van der Waals surface area (Å²) in [5.74, 6) is -0.765. The van der Waals surface area contributed by atoms with Gasteiger partial charge in [0.1, 0.15) is 0 Å². The highest BCUT2D eigenvalue weighted by molar-refractivity contribution is 6.27. The Morgan fingerprint density at radius 2 is 1.31 bits per heavy atom. The van der Waals surface area contributed by atoms with Gasteiger partial charge in [0.15, 0.2) is 23.0 Å². The van der Waals surface area contributed by atoms with E-state index >= 15 is 0 Å². The van der Waals surface area contributed by atoms with Crippen LogP contribution in [0.3, 0.4) is 0 Å². The van der Waals surface area contributed by atoms with E-state index in [-0.39, 0.29) is 5.48 Å². The standard InChI is InChI=1S/C22H26N2O4.C2H2O4.H2O/c1-25-19-9-7-16(12-21(19)27-3)14-23-15-18-6-5-11-24(18)17-8-10-20(26-2)22(13-17)28-4;3-1(4)2(5)6;/h5-13,23H,14-15H2,1-4H3;(H,3,4)(H,5,6);1H2. The number of carboxylic acid groups (broad SMARTS) is 2. The maximum absolute atomic E-state index is 9.10. The van der Waals surface area contributed by atoms with Crippen molar-refractivity contribution in [2.75, 3.05) is 28.4 Å². The fraction of sp³-hybridized carbons (Fsp3) is 0.250. The van der Waals surface area contributed by atoms with Crippen LogP contribution < -0.4 is 24.3 Å². The van der Waals surface area contributed by atoms with Crippen LogP contribution in [0, 0.1) is 0 Å². The van der Waals surface area contributed by atoms with E-state index in [9.17, 15) is 0 Å². The number of nitrogens with one attached hydrogen (secondary N) is 1. The Balaban J connectivity index is 0.000000780. The summed E-state index contributed by atoms with van der Waals surface area (Å²) in [5, 5.41) is 18.3. The fourth-order valence-electron chi connectivity index (χ4n) is 3.11. The molecule has 35 heavy (non-hydrogen) atoms. The maximum Gasteiger partial charge on any atom is 0.414 e. The van der Waals surface area contributed by atoms with Crippen molar-refractivity contribution in [3.63, 3.8) is 0 Å². The number of nitrogens with zero attached hydrogens (tertiary/aromatic N) is 1. The summed E-state index contributed by atoms with van der Waals surface area (Å²) in [6.45, 7) is 1.44. The fourth-order valence-corrected chi connectivity index (χ4v) is 3.11. The summed E-state index contributed by atoms with van der Waals surface area (Å²) in [4.78, 5) is 18.2. The van der Waals surface area contributed by atoms with E-state index in [4.69, 9.17) is 38.7 Å². The van der Waals surface area contributed by atoms with Gasteiger partial charge in [0.2, 0.25) is 0 Å². The maximum atomic E-state index is 9.10. The van der Waals surface area contributed by atoms with Gasteiger partial charge in [-0.3, -0.25) is 0 Å². The van der Waals surface area contributed by atoms with Crippen LogP contribution in [0.2, 0.25) is 0 Å². The molecule has 0 atom stereocenters. The molecule has 3 aromatic rings. The van der Waals surface area contributed by atoms with Crippen LogP contribution in [0.1, 0.15) is 11.3 Å². The molecule has 0 bridgehead atoms. The molecule has 0 saturated heterocycles. The van der Waals surface area contributed by atoms with Gasteiger partial charge in [-0.1, -0.05) is 6.07 Å². The molecule has 190 valence electrons. The minimum absolute atomic E-state index is 0. The molecule has 0 aliphatic heterocycles. The van der Waals surface area contributed by atoms with E-state index in [0.29, 0.717) is 11.5 Å². The first-order chi connectivity index (χ1) is 16.3. The molecule has 5 N–H and O–H groups in total. The average molecular weight is 491 g/mol. The van der Waals surface area contributed by atoms with E-state index in [1.165, 1.54) is 0 Å². The van der Waals surface area contributed by atoms with Crippen LogP contribution in [0.15, 0.2) is 54.7 Å². The lowest BCUT2D eigenvalue weighted by Gasteiger charge is -2.14. The Hall–Kier alpha value is -4.22. The third kappa shape index (κ3) is 7.95. The third-order valence-electron chi connectivity index (χ3n) is 4.74. The Kier molecular flexibility index (Phi) is 11.6. The zero-order chi connectivity index (χ0) is 25.1. The van der Waals surface area contributed by atoms with Crippen molar-refractivity contribution in [1.29, 1.82) is 0 Å². The van der Waals surface area contributed by atoms with Crippen LogP contribution in [0.5, 0.6) is 23.0 Å². The van der Waals surface area contributed by atoms with Crippen LogP contribution in [0.4, 0.5) is 0 Å². The van der Waals surface area contributed by atoms with Gasteiger partial charge in [0, 0.05) is 36.7 Å². The Labute approximate surface area is 202 Å². The van der Waals surface area contributed by atoms with Gasteiger partial charge in [-0.15, -0.1) is 0 Å². The molecule has 0 unspecified atom stereocenters. The van der Waals surface area contributed by atoms with Crippen molar-refractivity contribution >= 4 is 11.9 Å². The normalized spacial score (nSPS) is 9.71. The van der Waals surface area contributed by atoms with E-state index in [1.807, 2.05) is 48.7 Å². The summed E-state index contributed by atoms with van der Waals surface area (Å²) in [7, 11) is 6.56. The predicted octanol–water partition coefficient (Wildman–Crippen LogP) is 2.13. The molecular weight excluding hydrogens is 460 g/mol. The highest BCUT2D eigenvalue weighted by atomic mass is 16.5. The van der Waals surface area contributed by atoms with E-state index in [1.54, 1.807) is 28.4 Å². The van der Waals surface area contributed by atoms with Gasteiger partial charge in [0.05, 0.1) is 28.4 Å². The number of rotatable bonds is 9. The Bertz CT molecular complexity index is 1100. The molecular formula is C24H30N2O9. The molecule has 2 aromatic carbocycles. The second kappa shape index (κ2) is 14.1. The minimum Gasteiger partial charge on any atom is -0.493 e. The zero-order valence-electron chi connectivity index (χ0n) is 19.9. The molecule has 0 spiro atoms. The number of hydrogen-bond donors (Lipinski definition) is 3. The molecule has 0 saturated carbocycles. The topological polar surface area (TPSA) is 160 Å². The lowest BCUT2D eigenvalue weighted by atomic mass is 10.2. The second-order valence-corrected chi connectivity index (χ2v) is 6.81. The van der Waals surface area contributed by atoms with Gasteiger partial charge in [-0.05, 0) is 42.0 Å². The van der Waals surface area contributed by atoms with Crippen molar-refractivity contribution < 1.29 is 44.2 Å². The van der Waals surface area contributed by atoms with Crippen molar-refractivity contribution in [1.82, 2.24) is 9.88 Å². The van der Waals surface area contributed by atoms with Crippen molar-refractivity contribution in [3.05, 3.63) is 66.0 Å². The van der Waals surface area contributed by atoms with Crippen molar-refractivity contribution in [2.45, 2.75) is 13.1 Å². The van der Waals surface area contributed by atoms with Crippen molar-refractivity contribution in [2.24, 2.45) is 0 Å². The molecule has 1 heterocycles. The second-order valence-electron chi connectivity index (χ2n) is 6.81. The molecule has 0 amide bonds. The van der Waals surface area contributed by atoms with Gasteiger partial charge in [-0.2, -0.15) is 0 Å². The van der Waals surface area contributed by atoms with E-state index < -0.39 is 11.9 Å². The highest BCUT2D eigenvalue weighted by Gasteiger charge is 2.09. The molecule has 1 aromatic heterocycles. The zero-order valence-corrected chi connectivity index (χ0v) is 19.9. The molecule has 3 rings (SSSR count). The summed E-state index contributed by atoms with van der Waals surface area (Å²) < 4.78 is 23.5. The molecule has 0 fully saturated rings. The smallest absolute Gasteiger partial charge is 0.414 e. The van der Waals surface area contributed by atoms with Gasteiger partial charge >= 0.3 is 11.9 Å². The summed E-state index contributed by atoms with van der Waals surface area (Å²) in [6.07, 6.45) is 2.04. The third-order valence-corrected chi connectivity index (χ3v) is 4.74. The summed E-state index contributed by atoms with van der Waals surface area (Å²) >= 11 is 0. The number of aromatic nitrogens is 1. The lowest BCUT2D eigenvalue weighted by molar-refractivity contribution is -0.159. The Morgan fingerprint density at radius 1 is 0.771 bits per heavy atom. The van der Waals surface area contributed by atoms with Crippen LogP contribution >= 0.6 is 0 Å². The number of carboxylic acids is 2. The number of aliphatic carboxylic acids is 2. The number of hydrogen-bond acceptors (Lipinski definition) is 7. The quantitative estimate of drug-likeness (QED) is 0.382. The Morgan fingerprint density at radius 3 is 1.86 bits per heavy atom. The van der Waals surface area contributed by atoms with Gasteiger partial charge in [0.25, 0.3) is 0 Å². The van der Waals surface area contributed by atoms with Crippen LogP contribution in [0.25, 0.3) is 5.69 Å².